The van der Waals surface area contributed by atoms with Gasteiger partial charge in [-0.3, -0.25) is 0 Å². The van der Waals surface area contributed by atoms with Crippen LogP contribution in [0.15, 0.2) is 60.0 Å². The first-order valence-electron chi connectivity index (χ1n) is 7.07. The molecule has 1 aromatic carbocycles. The van der Waals surface area contributed by atoms with Crippen molar-refractivity contribution in [3.8, 4) is 5.75 Å². The zero-order valence-electron chi connectivity index (χ0n) is 13.4. The van der Waals surface area contributed by atoms with Gasteiger partial charge in [0.05, 0.1) is 19.8 Å². The summed E-state index contributed by atoms with van der Waals surface area (Å²) in [7, 11) is 2.37. The van der Waals surface area contributed by atoms with Gasteiger partial charge in [-0.25, -0.2) is 9.59 Å². The number of halogens is 2. The van der Waals surface area contributed by atoms with E-state index in [9.17, 15) is 18.4 Å². The molecule has 1 aromatic rings. The van der Waals surface area contributed by atoms with Crippen LogP contribution < -0.4 is 9.64 Å². The molecule has 132 valence electrons. The molecule has 0 saturated carbocycles. The number of alkyl halides is 2. The molecule has 0 aliphatic carbocycles. The van der Waals surface area contributed by atoms with Crippen LogP contribution in [-0.4, -0.2) is 32.8 Å². The summed E-state index contributed by atoms with van der Waals surface area (Å²) in [5.41, 5.74) is 0.359. The molecule has 0 radical (unpaired) electrons. The third-order valence-corrected chi connectivity index (χ3v) is 3.23. The van der Waals surface area contributed by atoms with Crippen molar-refractivity contribution in [2.45, 2.75) is 6.61 Å². The molecule has 8 heteroatoms. The highest BCUT2D eigenvalue weighted by atomic mass is 19.3. The van der Waals surface area contributed by atoms with Gasteiger partial charge in [-0.2, -0.15) is 8.78 Å². The van der Waals surface area contributed by atoms with Gasteiger partial charge in [0.2, 0.25) is 0 Å². The van der Waals surface area contributed by atoms with Crippen LogP contribution in [0.2, 0.25) is 0 Å². The van der Waals surface area contributed by atoms with E-state index in [4.69, 9.17) is 9.47 Å². The second-order valence-electron chi connectivity index (χ2n) is 4.69. The molecule has 1 aliphatic heterocycles. The lowest BCUT2D eigenvalue weighted by atomic mass is 10.1. The number of ether oxygens (including phenoxy) is 3. The van der Waals surface area contributed by atoms with Crippen LogP contribution in [0.25, 0.3) is 0 Å². The number of methoxy groups -OCH3 is 2. The Labute approximate surface area is 142 Å². The number of hydrogen-bond acceptors (Lipinski definition) is 6. The molecule has 0 atom stereocenters. The molecule has 0 aromatic heterocycles. The Hall–Kier alpha value is -3.16. The van der Waals surface area contributed by atoms with Gasteiger partial charge in [0.1, 0.15) is 11.4 Å². The molecule has 0 amide bonds. The van der Waals surface area contributed by atoms with E-state index in [1.165, 1.54) is 55.7 Å². The molecule has 0 saturated heterocycles. The predicted molar refractivity (Wildman–Crippen MR) is 84.9 cm³/mol. The van der Waals surface area contributed by atoms with Crippen LogP contribution in [0.1, 0.15) is 0 Å². The van der Waals surface area contributed by atoms with Crippen LogP contribution in [0.4, 0.5) is 14.5 Å². The Morgan fingerprint density at radius 1 is 1.00 bits per heavy atom. The molecular formula is C17H15F2NO5. The van der Waals surface area contributed by atoms with Crippen LogP contribution in [0, 0.1) is 0 Å². The topological polar surface area (TPSA) is 65.1 Å². The minimum Gasteiger partial charge on any atom is -0.465 e. The van der Waals surface area contributed by atoms with Crippen molar-refractivity contribution in [1.29, 1.82) is 0 Å². The van der Waals surface area contributed by atoms with E-state index >= 15 is 0 Å². The minimum absolute atomic E-state index is 0.00717. The molecule has 1 heterocycles. The maximum Gasteiger partial charge on any atom is 0.387 e. The Morgan fingerprint density at radius 3 is 2.20 bits per heavy atom. The van der Waals surface area contributed by atoms with Gasteiger partial charge in [-0.05, 0) is 36.4 Å². The number of anilines is 1. The third-order valence-electron chi connectivity index (χ3n) is 3.23. The molecule has 0 fully saturated rings. The van der Waals surface area contributed by atoms with Crippen LogP contribution in [0.3, 0.4) is 0 Å². The number of carbonyl (C=O) groups excluding carboxylic acids is 2. The molecule has 0 spiro atoms. The Kier molecular flexibility index (Phi) is 5.89. The lowest BCUT2D eigenvalue weighted by Gasteiger charge is -2.23. The average molecular weight is 351 g/mol. The number of carbonyl (C=O) groups is 2. The first-order valence-corrected chi connectivity index (χ1v) is 7.07. The zero-order valence-corrected chi connectivity index (χ0v) is 13.4. The summed E-state index contributed by atoms with van der Waals surface area (Å²) in [6.07, 6.45) is 6.11. The van der Waals surface area contributed by atoms with E-state index < -0.39 is 18.6 Å². The van der Waals surface area contributed by atoms with Crippen molar-refractivity contribution < 1.29 is 32.6 Å². The van der Waals surface area contributed by atoms with E-state index in [1.807, 2.05) is 0 Å². The van der Waals surface area contributed by atoms with Crippen LogP contribution in [-0.2, 0) is 19.1 Å². The van der Waals surface area contributed by atoms with Crippen molar-refractivity contribution >= 4 is 17.6 Å². The minimum atomic E-state index is -2.94. The van der Waals surface area contributed by atoms with E-state index in [1.54, 1.807) is 12.2 Å². The summed E-state index contributed by atoms with van der Waals surface area (Å²) in [6.45, 7) is -2.94. The van der Waals surface area contributed by atoms with Gasteiger partial charge in [0, 0.05) is 11.9 Å². The number of esters is 2. The van der Waals surface area contributed by atoms with Crippen LogP contribution in [0.5, 0.6) is 5.75 Å². The van der Waals surface area contributed by atoms with Gasteiger partial charge in [0.25, 0.3) is 0 Å². The number of rotatable bonds is 5. The first kappa shape index (κ1) is 18.2. The normalized spacial score (nSPS) is 13.7. The quantitative estimate of drug-likeness (QED) is 0.760. The summed E-state index contributed by atoms with van der Waals surface area (Å²) in [5.74, 6) is -1.51. The fourth-order valence-electron chi connectivity index (χ4n) is 2.15. The Morgan fingerprint density at radius 2 is 1.64 bits per heavy atom. The number of allylic oxidation sites excluding steroid dienone is 2. The van der Waals surface area contributed by atoms with Gasteiger partial charge >= 0.3 is 18.6 Å². The van der Waals surface area contributed by atoms with E-state index in [2.05, 4.69) is 4.74 Å². The largest absolute Gasteiger partial charge is 0.465 e. The number of hydrogen-bond donors (Lipinski definition) is 0. The monoisotopic (exact) mass is 351 g/mol. The molecule has 0 N–H and O–H groups in total. The van der Waals surface area contributed by atoms with Gasteiger partial charge in [-0.1, -0.05) is 6.08 Å². The summed E-state index contributed by atoms with van der Waals surface area (Å²) in [6, 6.07) is 5.57. The van der Waals surface area contributed by atoms with Crippen molar-refractivity contribution in [1.82, 2.24) is 0 Å². The van der Waals surface area contributed by atoms with E-state index in [0.717, 1.165) is 0 Å². The SMILES string of the molecule is COC(=O)C1=C(C(=O)OC)N(c2ccc(OC(F)F)cc2)C=CC=C1. The van der Waals surface area contributed by atoms with Crippen molar-refractivity contribution in [3.05, 3.63) is 60.0 Å². The second kappa shape index (κ2) is 8.09. The smallest absolute Gasteiger partial charge is 0.387 e. The molecule has 0 unspecified atom stereocenters. The zero-order chi connectivity index (χ0) is 18.4. The van der Waals surface area contributed by atoms with Crippen molar-refractivity contribution in [2.75, 3.05) is 19.1 Å². The fraction of sp³-hybridized carbons (Fsp3) is 0.176. The summed E-state index contributed by atoms with van der Waals surface area (Å²) in [4.78, 5) is 25.6. The maximum atomic E-state index is 12.3. The third kappa shape index (κ3) is 4.23. The Bertz CT molecular complexity index is 738. The summed E-state index contributed by atoms with van der Waals surface area (Å²) >= 11 is 0. The lowest BCUT2D eigenvalue weighted by molar-refractivity contribution is -0.139. The summed E-state index contributed by atoms with van der Waals surface area (Å²) < 4.78 is 38.3. The second-order valence-corrected chi connectivity index (χ2v) is 4.69. The standard InChI is InChI=1S/C17H15F2NO5/c1-23-15(21)13-5-3-4-10-20(14(13)16(22)24-2)11-6-8-12(9-7-11)25-17(18)19/h3-10,17H,1-2H3. The van der Waals surface area contributed by atoms with Crippen molar-refractivity contribution in [2.24, 2.45) is 0 Å². The summed E-state index contributed by atoms with van der Waals surface area (Å²) in [5, 5.41) is 0. The Balaban J connectivity index is 2.49. The molecule has 2 rings (SSSR count). The van der Waals surface area contributed by atoms with Crippen LogP contribution >= 0.6 is 0 Å². The molecule has 1 aliphatic rings. The maximum absolute atomic E-state index is 12.3. The highest BCUT2D eigenvalue weighted by Crippen LogP contribution is 2.28. The number of benzene rings is 1. The van der Waals surface area contributed by atoms with Gasteiger partial charge in [-0.15, -0.1) is 0 Å². The average Bonchev–Trinajstić information content (AvgIpc) is 2.83. The van der Waals surface area contributed by atoms with E-state index in [0.29, 0.717) is 5.69 Å². The fourth-order valence-corrected chi connectivity index (χ4v) is 2.15. The van der Waals surface area contributed by atoms with Gasteiger partial charge in [0.15, 0.2) is 0 Å². The van der Waals surface area contributed by atoms with E-state index in [-0.39, 0.29) is 17.0 Å². The number of nitrogens with zero attached hydrogens (tertiary/aromatic N) is 1. The molecule has 0 bridgehead atoms. The van der Waals surface area contributed by atoms with Gasteiger partial charge < -0.3 is 19.1 Å². The predicted octanol–water partition coefficient (Wildman–Crippen LogP) is 2.78. The lowest BCUT2D eigenvalue weighted by Crippen LogP contribution is -2.26. The molecule has 6 nitrogen and oxygen atoms in total. The molecular weight excluding hydrogens is 336 g/mol. The highest BCUT2D eigenvalue weighted by molar-refractivity contribution is 6.05. The first-order chi connectivity index (χ1) is 12.0. The highest BCUT2D eigenvalue weighted by Gasteiger charge is 2.27. The van der Waals surface area contributed by atoms with Crippen molar-refractivity contribution in [3.63, 3.8) is 0 Å². The molecule has 25 heavy (non-hydrogen) atoms.